The molecule has 0 aliphatic carbocycles. The number of nitrogens with one attached hydrogen (secondary N) is 1. The van der Waals surface area contributed by atoms with Crippen molar-refractivity contribution in [2.75, 3.05) is 18.5 Å². The summed E-state index contributed by atoms with van der Waals surface area (Å²) in [6.07, 6.45) is 1.74. The summed E-state index contributed by atoms with van der Waals surface area (Å²) in [5.41, 5.74) is -0.747. The van der Waals surface area contributed by atoms with Crippen LogP contribution in [0.2, 0.25) is 0 Å². The van der Waals surface area contributed by atoms with Crippen LogP contribution in [-0.2, 0) is 0 Å². The molecule has 0 saturated heterocycles. The minimum atomic E-state index is -1.05. The molecular formula is C11H16N2O4. The molecule has 0 saturated carbocycles. The van der Waals surface area contributed by atoms with Gasteiger partial charge in [-0.25, -0.2) is 9.78 Å². The SMILES string of the molecule is CCC(CO)(CO)Nc1ccc(C(=O)O)cn1. The third-order valence-electron chi connectivity index (χ3n) is 2.69. The quantitative estimate of drug-likeness (QED) is 0.571. The smallest absolute Gasteiger partial charge is 0.337 e. The fourth-order valence-electron chi connectivity index (χ4n) is 1.31. The first-order valence-electron chi connectivity index (χ1n) is 5.26. The Labute approximate surface area is 98.9 Å². The predicted octanol–water partition coefficient (Wildman–Crippen LogP) is 0.325. The van der Waals surface area contributed by atoms with Crippen LogP contribution in [0.3, 0.4) is 0 Å². The summed E-state index contributed by atoms with van der Waals surface area (Å²) in [6, 6.07) is 2.91. The van der Waals surface area contributed by atoms with Gasteiger partial charge in [0.15, 0.2) is 0 Å². The van der Waals surface area contributed by atoms with Crippen molar-refractivity contribution >= 4 is 11.8 Å². The third kappa shape index (κ3) is 3.15. The maximum absolute atomic E-state index is 10.6. The van der Waals surface area contributed by atoms with Crippen LogP contribution in [-0.4, -0.2) is 45.0 Å². The highest BCUT2D eigenvalue weighted by molar-refractivity contribution is 5.87. The number of nitrogens with zero attached hydrogens (tertiary/aromatic N) is 1. The van der Waals surface area contributed by atoms with Crippen molar-refractivity contribution in [1.29, 1.82) is 0 Å². The topological polar surface area (TPSA) is 103 Å². The van der Waals surface area contributed by atoms with Crippen LogP contribution in [0.5, 0.6) is 0 Å². The van der Waals surface area contributed by atoms with Crippen LogP contribution in [0.4, 0.5) is 5.82 Å². The minimum absolute atomic E-state index is 0.0886. The molecule has 17 heavy (non-hydrogen) atoms. The molecule has 1 aromatic heterocycles. The zero-order chi connectivity index (χ0) is 12.9. The summed E-state index contributed by atoms with van der Waals surface area (Å²) in [7, 11) is 0. The molecule has 0 fully saturated rings. The van der Waals surface area contributed by atoms with Crippen molar-refractivity contribution in [3.63, 3.8) is 0 Å². The predicted molar refractivity (Wildman–Crippen MR) is 62.0 cm³/mol. The monoisotopic (exact) mass is 240 g/mol. The van der Waals surface area contributed by atoms with Gasteiger partial charge < -0.3 is 20.6 Å². The Hall–Kier alpha value is -1.66. The fourth-order valence-corrected chi connectivity index (χ4v) is 1.31. The molecule has 6 heteroatoms. The van der Waals surface area contributed by atoms with E-state index >= 15 is 0 Å². The maximum atomic E-state index is 10.6. The first-order valence-corrected chi connectivity index (χ1v) is 5.26. The minimum Gasteiger partial charge on any atom is -0.478 e. The zero-order valence-electron chi connectivity index (χ0n) is 9.55. The van der Waals surface area contributed by atoms with Crippen LogP contribution in [0.1, 0.15) is 23.7 Å². The number of carboxylic acids is 1. The number of hydrogen-bond donors (Lipinski definition) is 4. The van der Waals surface area contributed by atoms with Gasteiger partial charge in [-0.1, -0.05) is 6.92 Å². The van der Waals surface area contributed by atoms with Crippen molar-refractivity contribution < 1.29 is 20.1 Å². The second kappa shape index (κ2) is 5.60. The van der Waals surface area contributed by atoms with Gasteiger partial charge in [0.1, 0.15) is 5.82 Å². The largest absolute Gasteiger partial charge is 0.478 e. The average Bonchev–Trinajstić information content (AvgIpc) is 2.37. The average molecular weight is 240 g/mol. The summed E-state index contributed by atoms with van der Waals surface area (Å²) < 4.78 is 0. The van der Waals surface area contributed by atoms with Gasteiger partial charge in [-0.05, 0) is 18.6 Å². The standard InChI is InChI=1S/C11H16N2O4/c1-2-11(6-14,7-15)13-9-4-3-8(5-12-9)10(16)17/h3-5,14-15H,2,6-7H2,1H3,(H,12,13)(H,16,17). The Kier molecular flexibility index (Phi) is 4.42. The molecule has 0 aromatic carbocycles. The number of aliphatic hydroxyl groups is 2. The van der Waals surface area contributed by atoms with Gasteiger partial charge in [0.2, 0.25) is 0 Å². The number of rotatable bonds is 6. The highest BCUT2D eigenvalue weighted by Crippen LogP contribution is 2.16. The van der Waals surface area contributed by atoms with E-state index in [1.807, 2.05) is 6.92 Å². The van der Waals surface area contributed by atoms with Crippen molar-refractivity contribution in [3.8, 4) is 0 Å². The molecule has 0 spiro atoms. The summed E-state index contributed by atoms with van der Waals surface area (Å²) in [6.45, 7) is 1.36. The van der Waals surface area contributed by atoms with Gasteiger partial charge in [-0.2, -0.15) is 0 Å². The molecule has 1 rings (SSSR count). The van der Waals surface area contributed by atoms with E-state index in [4.69, 9.17) is 5.11 Å². The molecule has 4 N–H and O–H groups in total. The molecule has 0 amide bonds. The number of anilines is 1. The van der Waals surface area contributed by atoms with E-state index in [-0.39, 0.29) is 18.8 Å². The highest BCUT2D eigenvalue weighted by atomic mass is 16.4. The lowest BCUT2D eigenvalue weighted by molar-refractivity contribution is 0.0696. The van der Waals surface area contributed by atoms with Crippen LogP contribution in [0.25, 0.3) is 0 Å². The Morgan fingerprint density at radius 3 is 2.41 bits per heavy atom. The number of carbonyl (C=O) groups is 1. The van der Waals surface area contributed by atoms with Gasteiger partial charge in [0.25, 0.3) is 0 Å². The molecular weight excluding hydrogens is 224 g/mol. The molecule has 0 aliphatic heterocycles. The molecule has 0 atom stereocenters. The molecule has 0 unspecified atom stereocenters. The van der Waals surface area contributed by atoms with Crippen molar-refractivity contribution in [2.24, 2.45) is 0 Å². The molecule has 6 nitrogen and oxygen atoms in total. The first-order chi connectivity index (χ1) is 8.06. The Morgan fingerprint density at radius 2 is 2.06 bits per heavy atom. The van der Waals surface area contributed by atoms with Crippen LogP contribution >= 0.6 is 0 Å². The van der Waals surface area contributed by atoms with Crippen molar-refractivity contribution in [2.45, 2.75) is 18.9 Å². The Balaban J connectivity index is 2.84. The number of aliphatic hydroxyl groups excluding tert-OH is 2. The van der Waals surface area contributed by atoms with E-state index < -0.39 is 11.5 Å². The van der Waals surface area contributed by atoms with E-state index in [9.17, 15) is 15.0 Å². The van der Waals surface area contributed by atoms with Crippen LogP contribution in [0.15, 0.2) is 18.3 Å². The van der Waals surface area contributed by atoms with E-state index in [0.717, 1.165) is 0 Å². The second-order valence-electron chi connectivity index (χ2n) is 3.81. The molecule has 1 heterocycles. The fraction of sp³-hybridized carbons (Fsp3) is 0.455. The second-order valence-corrected chi connectivity index (χ2v) is 3.81. The van der Waals surface area contributed by atoms with E-state index in [2.05, 4.69) is 10.3 Å². The highest BCUT2D eigenvalue weighted by Gasteiger charge is 2.26. The lowest BCUT2D eigenvalue weighted by Crippen LogP contribution is -2.45. The molecule has 0 bridgehead atoms. The number of aromatic nitrogens is 1. The maximum Gasteiger partial charge on any atom is 0.337 e. The van der Waals surface area contributed by atoms with Gasteiger partial charge >= 0.3 is 5.97 Å². The van der Waals surface area contributed by atoms with Crippen LogP contribution < -0.4 is 5.32 Å². The zero-order valence-corrected chi connectivity index (χ0v) is 9.55. The summed E-state index contributed by atoms with van der Waals surface area (Å²) in [4.78, 5) is 14.5. The van der Waals surface area contributed by atoms with Crippen LogP contribution in [0, 0.1) is 0 Å². The van der Waals surface area contributed by atoms with Crippen molar-refractivity contribution in [1.82, 2.24) is 4.98 Å². The van der Waals surface area contributed by atoms with E-state index in [1.165, 1.54) is 18.3 Å². The third-order valence-corrected chi connectivity index (χ3v) is 2.69. The number of carboxylic acid groups (broad SMARTS) is 1. The molecule has 1 aromatic rings. The van der Waals surface area contributed by atoms with Gasteiger partial charge in [0.05, 0.1) is 24.3 Å². The van der Waals surface area contributed by atoms with Crippen molar-refractivity contribution in [3.05, 3.63) is 23.9 Å². The Bertz CT molecular complexity index is 365. The Morgan fingerprint density at radius 1 is 1.41 bits per heavy atom. The van der Waals surface area contributed by atoms with E-state index in [0.29, 0.717) is 12.2 Å². The molecule has 0 aliphatic rings. The number of pyridine rings is 1. The lowest BCUT2D eigenvalue weighted by Gasteiger charge is -2.30. The van der Waals surface area contributed by atoms with Gasteiger partial charge in [0, 0.05) is 6.20 Å². The molecule has 94 valence electrons. The lowest BCUT2D eigenvalue weighted by atomic mass is 9.98. The summed E-state index contributed by atoms with van der Waals surface area (Å²) in [5.74, 6) is -0.630. The van der Waals surface area contributed by atoms with Gasteiger partial charge in [-0.15, -0.1) is 0 Å². The molecule has 0 radical (unpaired) electrons. The summed E-state index contributed by atoms with van der Waals surface area (Å²) >= 11 is 0. The van der Waals surface area contributed by atoms with E-state index in [1.54, 1.807) is 0 Å². The normalized spacial score (nSPS) is 11.2. The first kappa shape index (κ1) is 13.4. The van der Waals surface area contributed by atoms with Gasteiger partial charge in [-0.3, -0.25) is 0 Å². The number of hydrogen-bond acceptors (Lipinski definition) is 5. The summed E-state index contributed by atoms with van der Waals surface area (Å²) in [5, 5.41) is 30.1. The number of aromatic carboxylic acids is 1.